The van der Waals surface area contributed by atoms with Crippen molar-refractivity contribution in [2.45, 2.75) is 24.9 Å². The first kappa shape index (κ1) is 29.4. The van der Waals surface area contributed by atoms with Crippen molar-refractivity contribution in [3.8, 4) is 0 Å². The van der Waals surface area contributed by atoms with Crippen molar-refractivity contribution in [1.29, 1.82) is 0 Å². The second-order valence-electron chi connectivity index (χ2n) is 9.89. The number of halogens is 4. The number of amides is 2. The fourth-order valence-electron chi connectivity index (χ4n) is 5.04. The molecular weight excluding hydrogens is 579 g/mol. The summed E-state index contributed by atoms with van der Waals surface area (Å²) in [5.74, 6) is -0.855. The van der Waals surface area contributed by atoms with Gasteiger partial charge in [-0.25, -0.2) is 9.98 Å². The number of hydrogen-bond donors (Lipinski definition) is 3. The smallest absolute Gasteiger partial charge is 0.382 e. The number of nitrogens with zero attached hydrogens (tertiary/aromatic N) is 4. The van der Waals surface area contributed by atoms with Crippen molar-refractivity contribution >= 4 is 40.8 Å². The topological polar surface area (TPSA) is 134 Å². The number of ether oxygens (including phenoxy) is 2. The fraction of sp³-hybridized carbons (Fsp3) is 0.333. The molecule has 2 atom stereocenters. The van der Waals surface area contributed by atoms with Gasteiger partial charge in [0.2, 0.25) is 5.91 Å². The number of carbonyl (C=O) groups is 2. The van der Waals surface area contributed by atoms with Gasteiger partial charge in [0, 0.05) is 25.4 Å². The predicted octanol–water partition coefficient (Wildman–Crippen LogP) is 2.93. The van der Waals surface area contributed by atoms with Gasteiger partial charge >= 0.3 is 6.18 Å². The number of pyridine rings is 1. The van der Waals surface area contributed by atoms with Gasteiger partial charge in [0.15, 0.2) is 0 Å². The number of aromatic nitrogens is 1. The Morgan fingerprint density at radius 3 is 2.71 bits per heavy atom. The molecule has 5 rings (SSSR count). The van der Waals surface area contributed by atoms with Gasteiger partial charge in [0.25, 0.3) is 5.91 Å². The minimum absolute atomic E-state index is 0.0562. The highest BCUT2D eigenvalue weighted by atomic mass is 35.5. The van der Waals surface area contributed by atoms with E-state index < -0.39 is 29.4 Å². The molecule has 222 valence electrons. The molecule has 2 aromatic rings. The molecule has 11 nitrogen and oxygen atoms in total. The van der Waals surface area contributed by atoms with Crippen molar-refractivity contribution in [1.82, 2.24) is 20.1 Å². The summed E-state index contributed by atoms with van der Waals surface area (Å²) in [6.07, 6.45) is -2.71. The second-order valence-corrected chi connectivity index (χ2v) is 10.3. The van der Waals surface area contributed by atoms with Crippen LogP contribution in [0.15, 0.2) is 64.6 Å². The van der Waals surface area contributed by atoms with Crippen LogP contribution < -0.4 is 16.4 Å². The van der Waals surface area contributed by atoms with Crippen LogP contribution in [-0.4, -0.2) is 77.6 Å². The zero-order valence-corrected chi connectivity index (χ0v) is 23.3. The van der Waals surface area contributed by atoms with Crippen LogP contribution in [0, 0.1) is 0 Å². The number of hydrogen-bond acceptors (Lipinski definition) is 9. The van der Waals surface area contributed by atoms with E-state index >= 15 is 0 Å². The minimum Gasteiger partial charge on any atom is -0.382 e. The Balaban J connectivity index is 1.40. The number of nitrogens with two attached hydrogens (primary N) is 1. The van der Waals surface area contributed by atoms with E-state index in [0.717, 1.165) is 18.3 Å². The van der Waals surface area contributed by atoms with Crippen LogP contribution in [-0.2, 0) is 20.4 Å². The van der Waals surface area contributed by atoms with E-state index in [-0.39, 0.29) is 41.4 Å². The summed E-state index contributed by atoms with van der Waals surface area (Å²) in [6, 6.07) is 7.93. The van der Waals surface area contributed by atoms with E-state index in [1.165, 1.54) is 25.4 Å². The van der Waals surface area contributed by atoms with E-state index in [1.807, 2.05) is 6.92 Å². The van der Waals surface area contributed by atoms with Gasteiger partial charge in [-0.2, -0.15) is 13.2 Å². The molecule has 15 heteroatoms. The SMILES string of the molecule is COCC(=O)N1CCO[C@@H](C2(C)NC(c3ccc(C(=O)Nc4cc(C(F)(F)F)ccn4)cc3)=C3C(N)=NC=C(Cl)N32)C1. The molecule has 4 N–H and O–H groups in total. The maximum absolute atomic E-state index is 13.0. The van der Waals surface area contributed by atoms with Gasteiger partial charge in [-0.1, -0.05) is 23.7 Å². The monoisotopic (exact) mass is 605 g/mol. The van der Waals surface area contributed by atoms with E-state index in [1.54, 1.807) is 21.9 Å². The number of morpholine rings is 1. The fourth-order valence-corrected chi connectivity index (χ4v) is 5.35. The van der Waals surface area contributed by atoms with Gasteiger partial charge < -0.3 is 30.7 Å². The molecule has 3 aliphatic rings. The molecule has 1 aromatic carbocycles. The van der Waals surface area contributed by atoms with Crippen molar-refractivity contribution in [2.24, 2.45) is 10.7 Å². The van der Waals surface area contributed by atoms with Gasteiger partial charge in [-0.15, -0.1) is 0 Å². The lowest BCUT2D eigenvalue weighted by atomic mass is 10.0. The molecule has 0 spiro atoms. The van der Waals surface area contributed by atoms with Gasteiger partial charge in [0.05, 0.1) is 30.6 Å². The van der Waals surface area contributed by atoms with Gasteiger partial charge in [0.1, 0.15) is 40.9 Å². The first-order valence-electron chi connectivity index (χ1n) is 12.8. The quantitative estimate of drug-likeness (QED) is 0.428. The summed E-state index contributed by atoms with van der Waals surface area (Å²) in [5.41, 5.74) is 6.25. The second kappa shape index (κ2) is 11.3. The molecule has 42 heavy (non-hydrogen) atoms. The normalized spacial score (nSPS) is 22.3. The lowest BCUT2D eigenvalue weighted by Gasteiger charge is -2.47. The van der Waals surface area contributed by atoms with Gasteiger partial charge in [-0.3, -0.25) is 14.5 Å². The number of rotatable bonds is 6. The molecular formula is C27H27ClF3N7O4. The molecule has 0 aliphatic carbocycles. The summed E-state index contributed by atoms with van der Waals surface area (Å²) in [4.78, 5) is 36.8. The van der Waals surface area contributed by atoms with Crippen LogP contribution in [0.2, 0.25) is 0 Å². The summed E-state index contributed by atoms with van der Waals surface area (Å²) in [6.45, 7) is 2.78. The van der Waals surface area contributed by atoms with E-state index in [9.17, 15) is 22.8 Å². The van der Waals surface area contributed by atoms with Crippen molar-refractivity contribution in [2.75, 3.05) is 38.7 Å². The van der Waals surface area contributed by atoms with Crippen molar-refractivity contribution in [3.63, 3.8) is 0 Å². The molecule has 0 radical (unpaired) electrons. The molecule has 1 saturated heterocycles. The summed E-state index contributed by atoms with van der Waals surface area (Å²) in [7, 11) is 1.45. The van der Waals surface area contributed by atoms with Crippen LogP contribution in [0.1, 0.15) is 28.4 Å². The average molecular weight is 606 g/mol. The Morgan fingerprint density at radius 2 is 2.02 bits per heavy atom. The standard InChI is InChI=1S/C27H27ClF3N7O4/c1-26(18-13-37(9-10-42-18)21(39)14-41-2)36-22(23-24(32)34-12-19(28)38(23)26)15-3-5-16(6-4-15)25(40)35-20-11-17(7-8-33-20)27(29,30)31/h3-8,11-12,18,36H,9-10,13-14H2,1-2H3,(H2,32,34)(H,33,35,40)/t18-,26?/m1/s1. The van der Waals surface area contributed by atoms with Crippen LogP contribution >= 0.6 is 11.6 Å². The Morgan fingerprint density at radius 1 is 1.29 bits per heavy atom. The number of alkyl halides is 3. The molecule has 0 bridgehead atoms. The molecule has 1 unspecified atom stereocenters. The summed E-state index contributed by atoms with van der Waals surface area (Å²) in [5, 5.41) is 6.13. The Labute approximate surface area is 243 Å². The third-order valence-corrected chi connectivity index (χ3v) is 7.41. The average Bonchev–Trinajstić information content (AvgIpc) is 3.30. The van der Waals surface area contributed by atoms with Crippen LogP contribution in [0.25, 0.3) is 5.70 Å². The number of amidine groups is 1. The highest BCUT2D eigenvalue weighted by Gasteiger charge is 2.52. The first-order chi connectivity index (χ1) is 19.9. The third-order valence-electron chi connectivity index (χ3n) is 7.15. The molecule has 0 saturated carbocycles. The highest BCUT2D eigenvalue weighted by Crippen LogP contribution is 2.42. The van der Waals surface area contributed by atoms with E-state index in [0.29, 0.717) is 30.1 Å². The maximum atomic E-state index is 13.0. The highest BCUT2D eigenvalue weighted by molar-refractivity contribution is 6.30. The van der Waals surface area contributed by atoms with Crippen molar-refractivity contribution < 1.29 is 32.2 Å². The number of methoxy groups -OCH3 is 1. The lowest BCUT2D eigenvalue weighted by molar-refractivity contribution is -0.149. The Bertz CT molecular complexity index is 1500. The molecule has 3 aliphatic heterocycles. The first-order valence-corrected chi connectivity index (χ1v) is 13.2. The number of carbonyl (C=O) groups excluding carboxylic acids is 2. The zero-order chi connectivity index (χ0) is 30.2. The number of anilines is 1. The summed E-state index contributed by atoms with van der Waals surface area (Å²) >= 11 is 6.64. The number of fused-ring (bicyclic) bond motifs is 1. The Hall–Kier alpha value is -4.14. The third kappa shape index (κ3) is 5.52. The predicted molar refractivity (Wildman–Crippen MR) is 148 cm³/mol. The minimum atomic E-state index is -4.57. The zero-order valence-electron chi connectivity index (χ0n) is 22.5. The van der Waals surface area contributed by atoms with Crippen LogP contribution in [0.4, 0.5) is 19.0 Å². The number of aliphatic imine (C=N–C) groups is 1. The van der Waals surface area contributed by atoms with E-state index in [4.69, 9.17) is 26.8 Å². The molecule has 1 fully saturated rings. The number of nitrogens with one attached hydrogen (secondary N) is 2. The van der Waals surface area contributed by atoms with Gasteiger partial charge in [-0.05, 0) is 36.8 Å². The maximum Gasteiger partial charge on any atom is 0.416 e. The summed E-state index contributed by atoms with van der Waals surface area (Å²) < 4.78 is 50.2. The lowest BCUT2D eigenvalue weighted by Crippen LogP contribution is -2.65. The molecule has 1 aromatic heterocycles. The largest absolute Gasteiger partial charge is 0.416 e. The van der Waals surface area contributed by atoms with E-state index in [2.05, 4.69) is 20.6 Å². The van der Waals surface area contributed by atoms with Crippen LogP contribution in [0.3, 0.4) is 0 Å². The molecule has 4 heterocycles. The van der Waals surface area contributed by atoms with Crippen molar-refractivity contribution in [3.05, 3.63) is 76.3 Å². The molecule has 2 amide bonds. The Kier molecular flexibility index (Phi) is 7.88. The van der Waals surface area contributed by atoms with Crippen LogP contribution in [0.5, 0.6) is 0 Å². The number of benzene rings is 1.